The predicted molar refractivity (Wildman–Crippen MR) is 164 cm³/mol. The number of amides is 2. The van der Waals surface area contributed by atoms with Gasteiger partial charge in [0.2, 0.25) is 0 Å². The fourth-order valence-electron chi connectivity index (χ4n) is 5.36. The Labute approximate surface area is 270 Å². The normalized spacial score (nSPS) is 15.2. The van der Waals surface area contributed by atoms with E-state index in [2.05, 4.69) is 20.2 Å². The van der Waals surface area contributed by atoms with Crippen LogP contribution in [0, 0.1) is 5.82 Å². The molecule has 1 fully saturated rings. The van der Waals surface area contributed by atoms with E-state index in [1.165, 1.54) is 12.3 Å². The number of alkyl halides is 2. The molecule has 12 nitrogen and oxygen atoms in total. The highest BCUT2D eigenvalue weighted by molar-refractivity contribution is 5.97. The summed E-state index contributed by atoms with van der Waals surface area (Å²) in [6, 6.07) is 4.32. The maximum Gasteiger partial charge on any atom is 0.410 e. The minimum atomic E-state index is -2.77. The lowest BCUT2D eigenvalue weighted by Gasteiger charge is -2.33. The SMILES string of the molecule is CC(C)N(CC(F)F)C(=O)c1cc(F)ccc1Oc1nncc(N2CCC(Oc3ccnc4c3CN(C(=O)OC(C)(C)C)C4)CC2)n1. The molecule has 4 heterocycles. The van der Waals surface area contributed by atoms with Gasteiger partial charge in [-0.3, -0.25) is 14.7 Å². The van der Waals surface area contributed by atoms with Crippen LogP contribution in [0.4, 0.5) is 23.8 Å². The third-order valence-corrected chi connectivity index (χ3v) is 7.62. The third kappa shape index (κ3) is 8.37. The number of hydrogen-bond donors (Lipinski definition) is 0. The molecule has 252 valence electrons. The van der Waals surface area contributed by atoms with Gasteiger partial charge in [0.1, 0.15) is 29.0 Å². The Hall–Kier alpha value is -4.69. The molecule has 2 aromatic heterocycles. The molecule has 5 rings (SSSR count). The molecule has 2 aliphatic heterocycles. The third-order valence-electron chi connectivity index (χ3n) is 7.62. The number of halogens is 3. The van der Waals surface area contributed by atoms with E-state index in [0.717, 1.165) is 28.3 Å². The zero-order chi connectivity index (χ0) is 33.9. The lowest BCUT2D eigenvalue weighted by atomic mass is 10.1. The number of benzene rings is 1. The van der Waals surface area contributed by atoms with Crippen molar-refractivity contribution in [2.75, 3.05) is 24.5 Å². The van der Waals surface area contributed by atoms with Crippen molar-refractivity contribution in [2.45, 2.75) is 84.7 Å². The van der Waals surface area contributed by atoms with Gasteiger partial charge >= 0.3 is 12.1 Å². The second-order valence-corrected chi connectivity index (χ2v) is 12.7. The summed E-state index contributed by atoms with van der Waals surface area (Å²) in [5.41, 5.74) is 0.812. The summed E-state index contributed by atoms with van der Waals surface area (Å²) in [4.78, 5) is 39.2. The van der Waals surface area contributed by atoms with Crippen molar-refractivity contribution in [3.8, 4) is 17.5 Å². The quantitative estimate of drug-likeness (QED) is 0.287. The molecule has 0 N–H and O–H groups in total. The highest BCUT2D eigenvalue weighted by Gasteiger charge is 2.32. The predicted octanol–water partition coefficient (Wildman–Crippen LogP) is 5.61. The Morgan fingerprint density at radius 2 is 1.83 bits per heavy atom. The number of pyridine rings is 1. The number of hydrogen-bond acceptors (Lipinski definition) is 10. The molecule has 1 saturated heterocycles. The first-order valence-corrected chi connectivity index (χ1v) is 15.4. The zero-order valence-corrected chi connectivity index (χ0v) is 27.0. The first-order valence-electron chi connectivity index (χ1n) is 15.4. The van der Waals surface area contributed by atoms with Gasteiger partial charge in [-0.1, -0.05) is 5.10 Å². The molecular weight excluding hydrogens is 619 g/mol. The summed E-state index contributed by atoms with van der Waals surface area (Å²) in [7, 11) is 0. The van der Waals surface area contributed by atoms with Crippen LogP contribution >= 0.6 is 0 Å². The van der Waals surface area contributed by atoms with E-state index >= 15 is 0 Å². The van der Waals surface area contributed by atoms with Crippen molar-refractivity contribution in [3.63, 3.8) is 0 Å². The molecule has 0 radical (unpaired) electrons. The van der Waals surface area contributed by atoms with Gasteiger partial charge in [0.15, 0.2) is 5.82 Å². The molecule has 2 aliphatic rings. The van der Waals surface area contributed by atoms with Gasteiger partial charge in [-0.05, 0) is 58.9 Å². The van der Waals surface area contributed by atoms with Crippen molar-refractivity contribution < 1.29 is 37.0 Å². The minimum absolute atomic E-state index is 0.0857. The number of aromatic nitrogens is 4. The number of nitrogens with zero attached hydrogens (tertiary/aromatic N) is 7. The Morgan fingerprint density at radius 3 is 2.51 bits per heavy atom. The summed E-state index contributed by atoms with van der Waals surface area (Å²) in [5, 5.41) is 7.90. The van der Waals surface area contributed by atoms with Gasteiger partial charge < -0.3 is 24.0 Å². The molecule has 47 heavy (non-hydrogen) atoms. The maximum absolute atomic E-state index is 14.2. The van der Waals surface area contributed by atoms with Gasteiger partial charge in [-0.15, -0.1) is 0 Å². The van der Waals surface area contributed by atoms with Crippen LogP contribution in [0.5, 0.6) is 17.5 Å². The zero-order valence-electron chi connectivity index (χ0n) is 27.0. The number of ether oxygens (including phenoxy) is 3. The summed E-state index contributed by atoms with van der Waals surface area (Å²) >= 11 is 0. The topological polar surface area (TPSA) is 123 Å². The molecule has 0 unspecified atom stereocenters. The van der Waals surface area contributed by atoms with E-state index in [0.29, 0.717) is 50.6 Å². The Morgan fingerprint density at radius 1 is 1.09 bits per heavy atom. The van der Waals surface area contributed by atoms with Crippen molar-refractivity contribution in [1.82, 2.24) is 30.0 Å². The van der Waals surface area contributed by atoms with Crippen LogP contribution in [-0.4, -0.2) is 85.8 Å². The average molecular weight is 658 g/mol. The van der Waals surface area contributed by atoms with Crippen LogP contribution < -0.4 is 14.4 Å². The molecular formula is C32H38F3N7O5. The summed E-state index contributed by atoms with van der Waals surface area (Å²) in [6.45, 7) is 9.71. The first-order chi connectivity index (χ1) is 22.3. The van der Waals surface area contributed by atoms with E-state index in [4.69, 9.17) is 14.2 Å². The Balaban J connectivity index is 1.22. The van der Waals surface area contributed by atoms with Crippen LogP contribution in [0.3, 0.4) is 0 Å². The second kappa shape index (κ2) is 14.0. The number of fused-ring (bicyclic) bond motifs is 1. The largest absolute Gasteiger partial charge is 0.490 e. The molecule has 15 heteroatoms. The highest BCUT2D eigenvalue weighted by atomic mass is 19.3. The minimum Gasteiger partial charge on any atom is -0.490 e. The Kier molecular flexibility index (Phi) is 10.0. The molecule has 0 aliphatic carbocycles. The lowest BCUT2D eigenvalue weighted by Crippen LogP contribution is -2.40. The summed E-state index contributed by atoms with van der Waals surface area (Å²) < 4.78 is 58.2. The van der Waals surface area contributed by atoms with Gasteiger partial charge in [0, 0.05) is 43.7 Å². The number of carbonyl (C=O) groups is 2. The van der Waals surface area contributed by atoms with Crippen LogP contribution in [0.1, 0.15) is 69.1 Å². The fourth-order valence-corrected chi connectivity index (χ4v) is 5.36. The van der Waals surface area contributed by atoms with Gasteiger partial charge in [-0.25, -0.2) is 18.0 Å². The number of piperidine rings is 1. The second-order valence-electron chi connectivity index (χ2n) is 12.7. The average Bonchev–Trinajstić information content (AvgIpc) is 3.46. The lowest BCUT2D eigenvalue weighted by molar-refractivity contribution is 0.0239. The summed E-state index contributed by atoms with van der Waals surface area (Å²) in [5.74, 6) is -0.455. The molecule has 0 saturated carbocycles. The van der Waals surface area contributed by atoms with E-state index < -0.39 is 42.4 Å². The van der Waals surface area contributed by atoms with Gasteiger partial charge in [0.25, 0.3) is 12.3 Å². The number of carbonyl (C=O) groups excluding carboxylic acids is 2. The van der Waals surface area contributed by atoms with Gasteiger partial charge in [-0.2, -0.15) is 10.1 Å². The van der Waals surface area contributed by atoms with E-state index in [9.17, 15) is 22.8 Å². The summed E-state index contributed by atoms with van der Waals surface area (Å²) in [6.07, 6.45) is 1.23. The molecule has 3 aromatic rings. The smallest absolute Gasteiger partial charge is 0.410 e. The molecule has 0 bridgehead atoms. The standard InChI is InChI=1S/C32H38F3N7O5/c1-19(2)42(18-27(34)35)29(43)22-14-20(33)6-7-25(22)46-30-38-28(15-37-39-30)40-12-9-21(10-13-40)45-26-8-11-36-24-17-41(16-23(24)26)31(44)47-32(3,4)5/h6-8,11,14-15,19,21,27H,9-10,12-13,16-18H2,1-5H3. The van der Waals surface area contributed by atoms with Crippen molar-refractivity contribution >= 4 is 17.8 Å². The van der Waals surface area contributed by atoms with Crippen LogP contribution in [0.2, 0.25) is 0 Å². The van der Waals surface area contributed by atoms with Crippen LogP contribution in [0.15, 0.2) is 36.7 Å². The van der Waals surface area contributed by atoms with E-state index in [1.54, 1.807) is 24.9 Å². The van der Waals surface area contributed by atoms with Crippen LogP contribution in [0.25, 0.3) is 0 Å². The number of rotatable bonds is 9. The molecule has 0 atom stereocenters. The maximum atomic E-state index is 14.2. The van der Waals surface area contributed by atoms with Crippen LogP contribution in [-0.2, 0) is 17.8 Å². The molecule has 1 aromatic carbocycles. The van der Waals surface area contributed by atoms with Crippen molar-refractivity contribution in [2.24, 2.45) is 0 Å². The van der Waals surface area contributed by atoms with E-state index in [-0.39, 0.29) is 23.4 Å². The molecule has 0 spiro atoms. The van der Waals surface area contributed by atoms with E-state index in [1.807, 2.05) is 31.7 Å². The first kappa shape index (κ1) is 33.7. The number of anilines is 1. The molecule has 2 amide bonds. The Bertz CT molecular complexity index is 1600. The van der Waals surface area contributed by atoms with Gasteiger partial charge in [0.05, 0.1) is 37.1 Å². The van der Waals surface area contributed by atoms with Crippen molar-refractivity contribution in [1.29, 1.82) is 0 Å². The monoisotopic (exact) mass is 657 g/mol. The highest BCUT2D eigenvalue weighted by Crippen LogP contribution is 2.33. The van der Waals surface area contributed by atoms with Crippen molar-refractivity contribution in [3.05, 3.63) is 59.3 Å². The fraction of sp³-hybridized carbons (Fsp3) is 0.500.